The van der Waals surface area contributed by atoms with Crippen molar-refractivity contribution in [3.8, 4) is 22.4 Å². The average Bonchev–Trinajstić information content (AvgIpc) is 3.46. The maximum atomic E-state index is 13.0. The second kappa shape index (κ2) is 9.42. The van der Waals surface area contributed by atoms with Crippen molar-refractivity contribution in [3.63, 3.8) is 0 Å². The third kappa shape index (κ3) is 4.35. The van der Waals surface area contributed by atoms with Crippen LogP contribution >= 0.6 is 0 Å². The van der Waals surface area contributed by atoms with Crippen LogP contribution < -0.4 is 5.73 Å². The van der Waals surface area contributed by atoms with Crippen LogP contribution in [0.3, 0.4) is 0 Å². The fraction of sp³-hybridized carbons (Fsp3) is 0.357. The van der Waals surface area contributed by atoms with Gasteiger partial charge in [-0.25, -0.2) is 13.4 Å². The first kappa shape index (κ1) is 25.4. The van der Waals surface area contributed by atoms with Gasteiger partial charge in [-0.3, -0.25) is 9.78 Å². The van der Waals surface area contributed by atoms with Crippen molar-refractivity contribution in [2.45, 2.75) is 61.6 Å². The maximum absolute atomic E-state index is 13.0. The summed E-state index contributed by atoms with van der Waals surface area (Å²) in [5.74, 6) is -0.469. The van der Waals surface area contributed by atoms with Crippen LogP contribution in [0.4, 0.5) is 5.82 Å². The fourth-order valence-electron chi connectivity index (χ4n) is 6.19. The summed E-state index contributed by atoms with van der Waals surface area (Å²) in [7, 11) is -3.74. The summed E-state index contributed by atoms with van der Waals surface area (Å²) in [6.07, 6.45) is 6.16. The average molecular weight is 547 g/mol. The third-order valence-corrected chi connectivity index (χ3v) is 9.07. The molecule has 5 heterocycles. The van der Waals surface area contributed by atoms with E-state index in [2.05, 4.69) is 10.1 Å². The van der Waals surface area contributed by atoms with Crippen molar-refractivity contribution in [2.75, 3.05) is 12.0 Å². The van der Waals surface area contributed by atoms with Crippen LogP contribution in [0.25, 0.3) is 28.0 Å². The minimum Gasteiger partial charge on any atom is -0.384 e. The monoisotopic (exact) mass is 546 g/mol. The molecule has 0 radical (unpaired) electrons. The van der Waals surface area contributed by atoms with Crippen LogP contribution in [0.15, 0.2) is 59.8 Å². The quantitative estimate of drug-likeness (QED) is 0.389. The van der Waals surface area contributed by atoms with Gasteiger partial charge in [-0.2, -0.15) is 9.61 Å². The number of hydrogen-bond donors (Lipinski definition) is 2. The number of hydrogen-bond acceptors (Lipinski definition) is 8. The van der Waals surface area contributed by atoms with Gasteiger partial charge in [0.05, 0.1) is 17.6 Å². The molecule has 0 spiro atoms. The Hall–Kier alpha value is -3.83. The van der Waals surface area contributed by atoms with E-state index in [4.69, 9.17) is 10.7 Å². The number of sulfone groups is 1. The van der Waals surface area contributed by atoms with Crippen molar-refractivity contribution in [2.24, 2.45) is 0 Å². The van der Waals surface area contributed by atoms with E-state index in [1.54, 1.807) is 17.3 Å². The normalized spacial score (nSPS) is 21.8. The molecular weight excluding hydrogens is 516 g/mol. The molecule has 10 nitrogen and oxygen atoms in total. The molecule has 4 atom stereocenters. The van der Waals surface area contributed by atoms with E-state index in [1.165, 1.54) is 11.4 Å². The first-order valence-electron chi connectivity index (χ1n) is 13.0. The van der Waals surface area contributed by atoms with Gasteiger partial charge in [-0.1, -0.05) is 36.4 Å². The molecule has 2 aliphatic heterocycles. The molecule has 3 N–H and O–H groups in total. The highest BCUT2D eigenvalue weighted by Crippen LogP contribution is 2.45. The summed E-state index contributed by atoms with van der Waals surface area (Å²) < 4.78 is 27.3. The first-order valence-corrected chi connectivity index (χ1v) is 14.9. The number of piperidine rings is 1. The summed E-state index contributed by atoms with van der Waals surface area (Å²) in [4.78, 5) is 24.0. The van der Waals surface area contributed by atoms with Crippen molar-refractivity contribution in [1.82, 2.24) is 24.5 Å². The molecule has 0 aliphatic carbocycles. The van der Waals surface area contributed by atoms with Gasteiger partial charge in [-0.05, 0) is 38.7 Å². The maximum Gasteiger partial charge on any atom is 0.251 e. The number of benzene rings is 1. The Balaban J connectivity index is 1.43. The van der Waals surface area contributed by atoms with Crippen molar-refractivity contribution in [3.05, 3.63) is 60.6 Å². The van der Waals surface area contributed by atoms with Gasteiger partial charge in [0, 0.05) is 47.1 Å². The number of aliphatic hydroxyl groups excluding tert-OH is 1. The number of rotatable bonds is 5. The van der Waals surface area contributed by atoms with E-state index in [0.29, 0.717) is 29.7 Å². The van der Waals surface area contributed by atoms with Crippen LogP contribution in [-0.4, -0.2) is 68.4 Å². The van der Waals surface area contributed by atoms with Gasteiger partial charge in [0.25, 0.3) is 5.91 Å². The minimum absolute atomic E-state index is 0.0121. The molecule has 39 heavy (non-hydrogen) atoms. The van der Waals surface area contributed by atoms with Crippen LogP contribution in [0.1, 0.15) is 44.2 Å². The highest BCUT2D eigenvalue weighted by molar-refractivity contribution is 7.91. The molecule has 1 amide bonds. The molecule has 6 rings (SSSR count). The standard InChI is InChI=1S/C28H30N6O4S/c1-16(35)28(36)33-20-9-10-21(33)13-19(12-20)24-25(39(2,37)38)26(29)34-27(32-24)22(15-31-34)18-8-11-23(30-14-18)17-6-4-3-5-7-17/h3-8,11,14-16,19-21,35H,9-10,12-13,29H2,1-2H3/t16-,19-,20-,21+/m1/s1. The van der Waals surface area contributed by atoms with Gasteiger partial charge in [0.2, 0.25) is 0 Å². The largest absolute Gasteiger partial charge is 0.384 e. The van der Waals surface area contributed by atoms with Crippen LogP contribution in [0, 0.1) is 0 Å². The zero-order valence-electron chi connectivity index (χ0n) is 21.7. The lowest BCUT2D eigenvalue weighted by Crippen LogP contribution is -2.49. The zero-order chi connectivity index (χ0) is 27.5. The highest BCUT2D eigenvalue weighted by Gasteiger charge is 2.46. The summed E-state index contributed by atoms with van der Waals surface area (Å²) in [6, 6.07) is 13.6. The van der Waals surface area contributed by atoms with E-state index in [-0.39, 0.29) is 34.6 Å². The smallest absolute Gasteiger partial charge is 0.251 e. The number of carbonyl (C=O) groups excluding carboxylic acids is 1. The number of nitrogens with two attached hydrogens (primary N) is 1. The lowest BCUT2D eigenvalue weighted by atomic mass is 9.87. The molecule has 2 bridgehead atoms. The highest BCUT2D eigenvalue weighted by atomic mass is 32.2. The van der Waals surface area contributed by atoms with Crippen LogP contribution in [0.5, 0.6) is 0 Å². The lowest BCUT2D eigenvalue weighted by molar-refractivity contribution is -0.144. The number of nitrogens with zero attached hydrogens (tertiary/aromatic N) is 5. The Morgan fingerprint density at radius 2 is 1.74 bits per heavy atom. The van der Waals surface area contributed by atoms with Crippen molar-refractivity contribution in [1.29, 1.82) is 0 Å². The molecule has 0 saturated carbocycles. The second-order valence-electron chi connectivity index (χ2n) is 10.6. The topological polar surface area (TPSA) is 144 Å². The molecule has 1 aromatic carbocycles. The summed E-state index contributed by atoms with van der Waals surface area (Å²) in [5, 5.41) is 14.3. The van der Waals surface area contributed by atoms with Gasteiger partial charge in [0.1, 0.15) is 16.8 Å². The molecule has 202 valence electrons. The predicted octanol–water partition coefficient (Wildman–Crippen LogP) is 3.06. The number of carbonyl (C=O) groups is 1. The Labute approximate surface area is 226 Å². The number of aliphatic hydroxyl groups is 1. The fourth-order valence-corrected chi connectivity index (χ4v) is 7.25. The molecule has 4 aromatic rings. The van der Waals surface area contributed by atoms with Gasteiger partial charge >= 0.3 is 0 Å². The Morgan fingerprint density at radius 1 is 1.05 bits per heavy atom. The Kier molecular flexibility index (Phi) is 6.15. The summed E-state index contributed by atoms with van der Waals surface area (Å²) in [5.41, 5.74) is 10.7. The van der Waals surface area contributed by atoms with E-state index >= 15 is 0 Å². The number of anilines is 1. The molecule has 0 unspecified atom stereocenters. The number of pyridine rings is 1. The molecule has 11 heteroatoms. The molecule has 3 aromatic heterocycles. The minimum atomic E-state index is -3.74. The number of fused-ring (bicyclic) bond motifs is 3. The van der Waals surface area contributed by atoms with Crippen molar-refractivity contribution >= 4 is 27.2 Å². The number of nitrogen functional groups attached to an aromatic ring is 1. The Bertz CT molecular complexity index is 1650. The van der Waals surface area contributed by atoms with Crippen molar-refractivity contribution < 1.29 is 18.3 Å². The predicted molar refractivity (Wildman–Crippen MR) is 146 cm³/mol. The molecule has 2 fully saturated rings. The van der Waals surface area contributed by atoms with E-state index in [9.17, 15) is 18.3 Å². The van der Waals surface area contributed by atoms with E-state index in [0.717, 1.165) is 35.9 Å². The van der Waals surface area contributed by atoms with Gasteiger partial charge in [-0.15, -0.1) is 0 Å². The second-order valence-corrected chi connectivity index (χ2v) is 12.5. The first-order chi connectivity index (χ1) is 18.6. The van der Waals surface area contributed by atoms with Gasteiger partial charge in [0.15, 0.2) is 15.5 Å². The van der Waals surface area contributed by atoms with Crippen LogP contribution in [-0.2, 0) is 14.6 Å². The molecule has 2 saturated heterocycles. The summed E-state index contributed by atoms with van der Waals surface area (Å²) >= 11 is 0. The van der Waals surface area contributed by atoms with E-state index in [1.807, 2.05) is 42.5 Å². The lowest BCUT2D eigenvalue weighted by Gasteiger charge is -2.39. The molecular formula is C28H30N6O4S. The summed E-state index contributed by atoms with van der Waals surface area (Å²) in [6.45, 7) is 1.48. The number of amides is 1. The number of aromatic nitrogens is 4. The van der Waals surface area contributed by atoms with E-state index < -0.39 is 15.9 Å². The third-order valence-electron chi connectivity index (χ3n) is 7.91. The SMILES string of the molecule is C[C@@H](O)C(=O)N1[C@@H]2CC[C@H]1C[C@H](c1nc3c(-c4ccc(-c5ccccc5)nc4)cnn3c(N)c1S(C)(=O)=O)C2. The van der Waals surface area contributed by atoms with Gasteiger partial charge < -0.3 is 15.7 Å². The van der Waals surface area contributed by atoms with Crippen LogP contribution in [0.2, 0.25) is 0 Å². The zero-order valence-corrected chi connectivity index (χ0v) is 22.5. The Morgan fingerprint density at radius 3 is 2.33 bits per heavy atom. The molecule has 2 aliphatic rings.